The second-order valence-electron chi connectivity index (χ2n) is 7.99. The van der Waals surface area contributed by atoms with Crippen molar-refractivity contribution in [3.05, 3.63) is 83.7 Å². The van der Waals surface area contributed by atoms with E-state index in [1.54, 1.807) is 29.2 Å². The van der Waals surface area contributed by atoms with Crippen LogP contribution in [0.1, 0.15) is 39.1 Å². The van der Waals surface area contributed by atoms with Crippen molar-refractivity contribution >= 4 is 17.7 Å². The fraction of sp³-hybridized carbons (Fsp3) is 0.320. The topological polar surface area (TPSA) is 78.5 Å². The van der Waals surface area contributed by atoms with Gasteiger partial charge in [0.2, 0.25) is 5.91 Å². The standard InChI is InChI=1S/C25H28FN3O3/c1-3-13-27-24(31)22(28-23(30)20-6-4-5-17(2)16-20)18-11-14-29(15-12-18)25(32)19-7-9-21(26)10-8-19/h3-10,16,18,22H,1,11-15H2,2H3,(H,27,31)(H,28,30). The van der Waals surface area contributed by atoms with Gasteiger partial charge in [0.15, 0.2) is 0 Å². The largest absolute Gasteiger partial charge is 0.351 e. The van der Waals surface area contributed by atoms with Crippen LogP contribution in [0.3, 0.4) is 0 Å². The van der Waals surface area contributed by atoms with Crippen LogP contribution in [0, 0.1) is 18.7 Å². The van der Waals surface area contributed by atoms with E-state index in [-0.39, 0.29) is 23.6 Å². The molecule has 3 amide bonds. The van der Waals surface area contributed by atoms with E-state index >= 15 is 0 Å². The molecule has 32 heavy (non-hydrogen) atoms. The SMILES string of the molecule is C=CCNC(=O)C(NC(=O)c1cccc(C)c1)C1CCN(C(=O)c2ccc(F)cc2)CC1. The maximum atomic E-state index is 13.1. The van der Waals surface area contributed by atoms with E-state index in [4.69, 9.17) is 0 Å². The molecule has 0 bridgehead atoms. The highest BCUT2D eigenvalue weighted by molar-refractivity contribution is 5.98. The number of hydrogen-bond acceptors (Lipinski definition) is 3. The first kappa shape index (κ1) is 23.2. The number of nitrogens with one attached hydrogen (secondary N) is 2. The third-order valence-corrected chi connectivity index (χ3v) is 5.66. The zero-order valence-electron chi connectivity index (χ0n) is 18.1. The molecular formula is C25H28FN3O3. The molecule has 0 saturated carbocycles. The summed E-state index contributed by atoms with van der Waals surface area (Å²) >= 11 is 0. The lowest BCUT2D eigenvalue weighted by atomic mass is 9.88. The molecule has 2 N–H and O–H groups in total. The van der Waals surface area contributed by atoms with Gasteiger partial charge < -0.3 is 15.5 Å². The predicted molar refractivity (Wildman–Crippen MR) is 121 cm³/mol. The number of aryl methyl sites for hydroxylation is 1. The Morgan fingerprint density at radius 2 is 1.81 bits per heavy atom. The van der Waals surface area contributed by atoms with Crippen molar-refractivity contribution in [2.75, 3.05) is 19.6 Å². The van der Waals surface area contributed by atoms with Gasteiger partial charge in [-0.1, -0.05) is 23.8 Å². The first-order valence-electron chi connectivity index (χ1n) is 10.7. The number of rotatable bonds is 7. The molecule has 0 spiro atoms. The summed E-state index contributed by atoms with van der Waals surface area (Å²) in [5, 5.41) is 5.67. The van der Waals surface area contributed by atoms with Gasteiger partial charge in [0, 0.05) is 30.8 Å². The van der Waals surface area contributed by atoms with Crippen LogP contribution < -0.4 is 10.6 Å². The van der Waals surface area contributed by atoms with Gasteiger partial charge in [-0.15, -0.1) is 6.58 Å². The van der Waals surface area contributed by atoms with Crippen molar-refractivity contribution < 1.29 is 18.8 Å². The number of likely N-dealkylation sites (tertiary alicyclic amines) is 1. The van der Waals surface area contributed by atoms with Crippen molar-refractivity contribution in [2.45, 2.75) is 25.8 Å². The number of hydrogen-bond donors (Lipinski definition) is 2. The highest BCUT2D eigenvalue weighted by Gasteiger charge is 2.34. The van der Waals surface area contributed by atoms with Crippen LogP contribution in [0.4, 0.5) is 4.39 Å². The molecule has 1 fully saturated rings. The molecule has 1 heterocycles. The summed E-state index contributed by atoms with van der Waals surface area (Å²) in [6.07, 6.45) is 2.71. The molecule has 1 saturated heterocycles. The molecule has 168 valence electrons. The monoisotopic (exact) mass is 437 g/mol. The Labute approximate surface area is 187 Å². The Kier molecular flexibility index (Phi) is 7.76. The summed E-state index contributed by atoms with van der Waals surface area (Å²) in [7, 11) is 0. The normalized spacial score (nSPS) is 15.0. The van der Waals surface area contributed by atoms with Crippen LogP contribution in [0.2, 0.25) is 0 Å². The van der Waals surface area contributed by atoms with Crippen LogP contribution in [-0.2, 0) is 4.79 Å². The first-order valence-corrected chi connectivity index (χ1v) is 10.7. The van der Waals surface area contributed by atoms with E-state index in [2.05, 4.69) is 17.2 Å². The summed E-state index contributed by atoms with van der Waals surface area (Å²) in [6, 6.07) is 11.9. The summed E-state index contributed by atoms with van der Waals surface area (Å²) < 4.78 is 13.1. The van der Waals surface area contributed by atoms with Gasteiger partial charge in [-0.05, 0) is 62.1 Å². The van der Waals surface area contributed by atoms with E-state index in [0.717, 1.165) is 5.56 Å². The second kappa shape index (κ2) is 10.7. The van der Waals surface area contributed by atoms with E-state index < -0.39 is 11.9 Å². The highest BCUT2D eigenvalue weighted by Crippen LogP contribution is 2.23. The Morgan fingerprint density at radius 1 is 1.12 bits per heavy atom. The van der Waals surface area contributed by atoms with Gasteiger partial charge in [-0.25, -0.2) is 4.39 Å². The minimum atomic E-state index is -0.717. The zero-order chi connectivity index (χ0) is 23.1. The molecule has 1 atom stereocenters. The van der Waals surface area contributed by atoms with Crippen molar-refractivity contribution in [3.63, 3.8) is 0 Å². The van der Waals surface area contributed by atoms with Gasteiger partial charge in [-0.3, -0.25) is 14.4 Å². The van der Waals surface area contributed by atoms with Crippen molar-refractivity contribution in [2.24, 2.45) is 5.92 Å². The molecule has 2 aromatic carbocycles. The molecule has 3 rings (SSSR count). The zero-order valence-corrected chi connectivity index (χ0v) is 18.1. The summed E-state index contributed by atoms with van der Waals surface area (Å²) in [4.78, 5) is 40.0. The van der Waals surface area contributed by atoms with E-state index in [9.17, 15) is 18.8 Å². The fourth-order valence-electron chi connectivity index (χ4n) is 3.90. The van der Waals surface area contributed by atoms with Crippen LogP contribution in [0.15, 0.2) is 61.2 Å². The van der Waals surface area contributed by atoms with E-state index in [0.29, 0.717) is 43.6 Å². The maximum Gasteiger partial charge on any atom is 0.253 e. The Bertz CT molecular complexity index is 982. The van der Waals surface area contributed by atoms with Crippen LogP contribution >= 0.6 is 0 Å². The number of benzene rings is 2. The molecule has 0 aromatic heterocycles. The van der Waals surface area contributed by atoms with Gasteiger partial charge in [0.25, 0.3) is 11.8 Å². The molecule has 1 aliphatic rings. The quantitative estimate of drug-likeness (QED) is 0.654. The molecule has 7 heteroatoms. The molecule has 0 radical (unpaired) electrons. The third kappa shape index (κ3) is 5.81. The molecule has 6 nitrogen and oxygen atoms in total. The summed E-state index contributed by atoms with van der Waals surface area (Å²) in [6.45, 7) is 6.72. The number of nitrogens with zero attached hydrogens (tertiary/aromatic N) is 1. The number of carbonyl (C=O) groups excluding carboxylic acids is 3. The molecule has 1 aliphatic heterocycles. The number of carbonyl (C=O) groups is 3. The lowest BCUT2D eigenvalue weighted by Crippen LogP contribution is -2.53. The van der Waals surface area contributed by atoms with Gasteiger partial charge >= 0.3 is 0 Å². The average Bonchev–Trinajstić information content (AvgIpc) is 2.81. The van der Waals surface area contributed by atoms with E-state index in [1.165, 1.54) is 24.3 Å². The average molecular weight is 438 g/mol. The van der Waals surface area contributed by atoms with Crippen LogP contribution in [-0.4, -0.2) is 48.3 Å². The van der Waals surface area contributed by atoms with E-state index in [1.807, 2.05) is 13.0 Å². The number of amides is 3. The first-order chi connectivity index (χ1) is 15.4. The van der Waals surface area contributed by atoms with Crippen LogP contribution in [0.25, 0.3) is 0 Å². The predicted octanol–water partition coefficient (Wildman–Crippen LogP) is 3.09. The highest BCUT2D eigenvalue weighted by atomic mass is 19.1. The lowest BCUT2D eigenvalue weighted by Gasteiger charge is -2.35. The van der Waals surface area contributed by atoms with Crippen molar-refractivity contribution in [1.82, 2.24) is 15.5 Å². The molecular weight excluding hydrogens is 409 g/mol. The third-order valence-electron chi connectivity index (χ3n) is 5.66. The van der Waals surface area contributed by atoms with Gasteiger partial charge in [0.05, 0.1) is 0 Å². The summed E-state index contributed by atoms with van der Waals surface area (Å²) in [5.74, 6) is -1.25. The smallest absolute Gasteiger partial charge is 0.253 e. The summed E-state index contributed by atoms with van der Waals surface area (Å²) in [5.41, 5.74) is 1.88. The second-order valence-corrected chi connectivity index (χ2v) is 7.99. The van der Waals surface area contributed by atoms with Gasteiger partial charge in [-0.2, -0.15) is 0 Å². The number of piperidine rings is 1. The molecule has 2 aromatic rings. The minimum Gasteiger partial charge on any atom is -0.351 e. The lowest BCUT2D eigenvalue weighted by molar-refractivity contribution is -0.124. The minimum absolute atomic E-state index is 0.120. The molecule has 0 aliphatic carbocycles. The Balaban J connectivity index is 1.68. The van der Waals surface area contributed by atoms with Crippen LogP contribution in [0.5, 0.6) is 0 Å². The van der Waals surface area contributed by atoms with Crippen molar-refractivity contribution in [3.8, 4) is 0 Å². The maximum absolute atomic E-state index is 13.1. The molecule has 1 unspecified atom stereocenters. The Morgan fingerprint density at radius 3 is 2.44 bits per heavy atom. The van der Waals surface area contributed by atoms with Gasteiger partial charge in [0.1, 0.15) is 11.9 Å². The Hall–Kier alpha value is -3.48. The number of halogens is 1. The fourth-order valence-corrected chi connectivity index (χ4v) is 3.90. The van der Waals surface area contributed by atoms with Crippen molar-refractivity contribution in [1.29, 1.82) is 0 Å².